The van der Waals surface area contributed by atoms with Crippen LogP contribution in [0.1, 0.15) is 11.1 Å². The summed E-state index contributed by atoms with van der Waals surface area (Å²) in [5.41, 5.74) is 0.406. The molecule has 0 spiro atoms. The molecule has 0 amide bonds. The Kier molecular flexibility index (Phi) is 3.55. The van der Waals surface area contributed by atoms with E-state index in [1.54, 1.807) is 30.3 Å². The maximum Gasteiger partial charge on any atom is 0.416 e. The van der Waals surface area contributed by atoms with Crippen molar-refractivity contribution in [1.29, 1.82) is 0 Å². The van der Waals surface area contributed by atoms with Crippen LogP contribution in [0.4, 0.5) is 18.9 Å². The fourth-order valence-corrected chi connectivity index (χ4v) is 1.65. The predicted molar refractivity (Wildman–Crippen MR) is 64.0 cm³/mol. The second-order valence-electron chi connectivity index (χ2n) is 3.80. The number of alkyl halides is 3. The van der Waals surface area contributed by atoms with Gasteiger partial charge in [-0.25, -0.2) is 0 Å². The number of anilines is 1. The first-order valence-corrected chi connectivity index (χ1v) is 5.42. The molecule has 2 aromatic carbocycles. The monoisotopic (exact) mass is 250 g/mol. The Bertz CT molecular complexity index is 506. The van der Waals surface area contributed by atoms with E-state index < -0.39 is 11.7 Å². The molecule has 18 heavy (non-hydrogen) atoms. The van der Waals surface area contributed by atoms with Crippen molar-refractivity contribution < 1.29 is 13.2 Å². The minimum atomic E-state index is -4.32. The molecule has 0 bridgehead atoms. The van der Waals surface area contributed by atoms with Crippen LogP contribution in [0.15, 0.2) is 48.5 Å². The highest BCUT2D eigenvalue weighted by Crippen LogP contribution is 2.32. The highest BCUT2D eigenvalue weighted by Gasteiger charge is 2.32. The van der Waals surface area contributed by atoms with E-state index >= 15 is 0 Å². The molecule has 2 aromatic rings. The first kappa shape index (κ1) is 12.5. The van der Waals surface area contributed by atoms with Crippen molar-refractivity contribution in [2.45, 2.75) is 12.7 Å². The first-order chi connectivity index (χ1) is 8.57. The van der Waals surface area contributed by atoms with Crippen molar-refractivity contribution in [2.75, 3.05) is 5.32 Å². The maximum absolute atomic E-state index is 12.7. The van der Waals surface area contributed by atoms with Crippen molar-refractivity contribution in [1.82, 2.24) is 0 Å². The van der Waals surface area contributed by atoms with Gasteiger partial charge in [-0.05, 0) is 29.8 Å². The second kappa shape index (κ2) is 5.12. The summed E-state index contributed by atoms with van der Waals surface area (Å²) in [6, 6.07) is 15.3. The molecular weight excluding hydrogens is 239 g/mol. The number of benzene rings is 2. The Morgan fingerprint density at radius 2 is 1.67 bits per heavy atom. The summed E-state index contributed by atoms with van der Waals surface area (Å²) in [6.07, 6.45) is -4.32. The van der Waals surface area contributed by atoms with Gasteiger partial charge in [0.2, 0.25) is 0 Å². The molecule has 0 unspecified atom stereocenters. The molecule has 1 nitrogen and oxygen atoms in total. The zero-order chi connectivity index (χ0) is 13.0. The lowest BCUT2D eigenvalue weighted by molar-refractivity contribution is -0.138. The van der Waals surface area contributed by atoms with E-state index in [2.05, 4.69) is 11.4 Å². The molecule has 0 aliphatic rings. The van der Waals surface area contributed by atoms with Crippen molar-refractivity contribution in [3.05, 3.63) is 65.7 Å². The van der Waals surface area contributed by atoms with Gasteiger partial charge in [0.05, 0.1) is 5.56 Å². The van der Waals surface area contributed by atoms with Crippen molar-refractivity contribution in [3.63, 3.8) is 0 Å². The third-order valence-corrected chi connectivity index (χ3v) is 2.52. The number of hydrogen-bond donors (Lipinski definition) is 1. The van der Waals surface area contributed by atoms with Crippen molar-refractivity contribution in [3.8, 4) is 0 Å². The van der Waals surface area contributed by atoms with Gasteiger partial charge in [0.25, 0.3) is 0 Å². The summed E-state index contributed by atoms with van der Waals surface area (Å²) < 4.78 is 38.2. The van der Waals surface area contributed by atoms with Crippen LogP contribution in [0.3, 0.4) is 0 Å². The normalized spacial score (nSPS) is 11.3. The van der Waals surface area contributed by atoms with Gasteiger partial charge in [0.15, 0.2) is 0 Å². The average Bonchev–Trinajstić information content (AvgIpc) is 2.37. The van der Waals surface area contributed by atoms with Gasteiger partial charge in [-0.15, -0.1) is 0 Å². The topological polar surface area (TPSA) is 12.0 Å². The van der Waals surface area contributed by atoms with Crippen LogP contribution in [0, 0.1) is 6.07 Å². The van der Waals surface area contributed by atoms with E-state index in [4.69, 9.17) is 0 Å². The van der Waals surface area contributed by atoms with Crippen LogP contribution >= 0.6 is 0 Å². The minimum absolute atomic E-state index is 0.139. The summed E-state index contributed by atoms with van der Waals surface area (Å²) >= 11 is 0. The number of rotatable bonds is 3. The number of hydrogen-bond acceptors (Lipinski definition) is 1. The smallest absolute Gasteiger partial charge is 0.381 e. The van der Waals surface area contributed by atoms with Gasteiger partial charge in [-0.3, -0.25) is 0 Å². The standard InChI is InChI=1S/C14H11F3N/c15-14(16,17)13-9-5-4-6-11(13)10-18-12-7-2-1-3-8-12/h2-9,18H,10H2. The fraction of sp³-hybridized carbons (Fsp3) is 0.143. The van der Waals surface area contributed by atoms with Gasteiger partial charge in [-0.1, -0.05) is 30.3 Å². The minimum Gasteiger partial charge on any atom is -0.381 e. The molecular formula is C14H11F3N. The summed E-state index contributed by atoms with van der Waals surface area (Å²) in [7, 11) is 0. The van der Waals surface area contributed by atoms with Gasteiger partial charge < -0.3 is 5.32 Å². The number of nitrogens with one attached hydrogen (secondary N) is 1. The summed E-state index contributed by atoms with van der Waals surface area (Å²) in [5.74, 6) is 0. The van der Waals surface area contributed by atoms with Gasteiger partial charge >= 0.3 is 6.18 Å². The molecule has 0 aliphatic heterocycles. The molecule has 0 aliphatic carbocycles. The highest BCUT2D eigenvalue weighted by molar-refractivity contribution is 5.44. The van der Waals surface area contributed by atoms with E-state index in [9.17, 15) is 13.2 Å². The third-order valence-electron chi connectivity index (χ3n) is 2.52. The van der Waals surface area contributed by atoms with Crippen LogP contribution in [0.5, 0.6) is 0 Å². The van der Waals surface area contributed by atoms with Crippen LogP contribution < -0.4 is 5.32 Å². The summed E-state index contributed by atoms with van der Waals surface area (Å²) in [5, 5.41) is 2.95. The summed E-state index contributed by atoms with van der Waals surface area (Å²) in [4.78, 5) is 0. The third kappa shape index (κ3) is 3.03. The van der Waals surface area contributed by atoms with Crippen molar-refractivity contribution in [2.24, 2.45) is 0 Å². The van der Waals surface area contributed by atoms with Gasteiger partial charge in [0, 0.05) is 12.2 Å². The molecule has 0 saturated heterocycles. The zero-order valence-corrected chi connectivity index (χ0v) is 9.46. The second-order valence-corrected chi connectivity index (χ2v) is 3.80. The van der Waals surface area contributed by atoms with Crippen LogP contribution in [0.2, 0.25) is 0 Å². The van der Waals surface area contributed by atoms with Crippen LogP contribution in [0.25, 0.3) is 0 Å². The number of halogens is 3. The molecule has 2 rings (SSSR count). The molecule has 0 heterocycles. The Balaban J connectivity index is 2.15. The Labute approximate surface area is 103 Å². The van der Waals surface area contributed by atoms with Gasteiger partial charge in [-0.2, -0.15) is 13.2 Å². The Morgan fingerprint density at radius 3 is 2.33 bits per heavy atom. The van der Waals surface area contributed by atoms with E-state index in [1.807, 2.05) is 0 Å². The lowest BCUT2D eigenvalue weighted by atomic mass is 10.1. The lowest BCUT2D eigenvalue weighted by Crippen LogP contribution is -2.11. The predicted octanol–water partition coefficient (Wildman–Crippen LogP) is 4.12. The molecule has 93 valence electrons. The molecule has 0 aromatic heterocycles. The Hall–Kier alpha value is -1.97. The van der Waals surface area contributed by atoms with Crippen LogP contribution in [-0.4, -0.2) is 0 Å². The van der Waals surface area contributed by atoms with Crippen LogP contribution in [-0.2, 0) is 12.7 Å². The molecule has 0 saturated carbocycles. The summed E-state index contributed by atoms with van der Waals surface area (Å²) in [6.45, 7) is 0.139. The molecule has 1 N–H and O–H groups in total. The zero-order valence-electron chi connectivity index (χ0n) is 9.46. The van der Waals surface area contributed by atoms with Gasteiger partial charge in [0.1, 0.15) is 0 Å². The molecule has 4 heteroatoms. The molecule has 1 radical (unpaired) electrons. The van der Waals surface area contributed by atoms with E-state index in [1.165, 1.54) is 12.1 Å². The highest BCUT2D eigenvalue weighted by atomic mass is 19.4. The largest absolute Gasteiger partial charge is 0.416 e. The quantitative estimate of drug-likeness (QED) is 0.864. The van der Waals surface area contributed by atoms with E-state index in [0.717, 1.165) is 11.8 Å². The van der Waals surface area contributed by atoms with Crippen molar-refractivity contribution >= 4 is 5.69 Å². The maximum atomic E-state index is 12.7. The SMILES string of the molecule is FC(F)(F)c1ccccc1CNc1cc[c]cc1. The molecule has 0 atom stereocenters. The van der Waals surface area contributed by atoms with E-state index in [0.29, 0.717) is 0 Å². The van der Waals surface area contributed by atoms with E-state index in [-0.39, 0.29) is 12.1 Å². The molecule has 0 fully saturated rings. The average molecular weight is 250 g/mol. The Morgan fingerprint density at radius 1 is 1.00 bits per heavy atom. The fourth-order valence-electron chi connectivity index (χ4n) is 1.65. The lowest BCUT2D eigenvalue weighted by Gasteiger charge is -2.13. The first-order valence-electron chi connectivity index (χ1n) is 5.42.